The summed E-state index contributed by atoms with van der Waals surface area (Å²) >= 11 is 0. The summed E-state index contributed by atoms with van der Waals surface area (Å²) < 4.78 is 0. The van der Waals surface area contributed by atoms with Crippen molar-refractivity contribution in [3.05, 3.63) is 35.9 Å². The van der Waals surface area contributed by atoms with Crippen LogP contribution in [0.4, 0.5) is 0 Å². The van der Waals surface area contributed by atoms with Crippen molar-refractivity contribution < 1.29 is 14.7 Å². The predicted octanol–water partition coefficient (Wildman–Crippen LogP) is 2.23. The number of nitrogens with one attached hydrogen (secondary N) is 1. The molecular formula is C15H21NO3. The van der Waals surface area contributed by atoms with Gasteiger partial charge in [0, 0.05) is 12.3 Å². The van der Waals surface area contributed by atoms with Gasteiger partial charge >= 0.3 is 5.97 Å². The van der Waals surface area contributed by atoms with Gasteiger partial charge in [-0.1, -0.05) is 44.2 Å². The molecular weight excluding hydrogens is 242 g/mol. The van der Waals surface area contributed by atoms with Gasteiger partial charge in [-0.2, -0.15) is 0 Å². The molecule has 0 aromatic heterocycles. The van der Waals surface area contributed by atoms with E-state index in [2.05, 4.69) is 5.32 Å². The summed E-state index contributed by atoms with van der Waals surface area (Å²) in [6, 6.07) is 8.45. The molecule has 0 radical (unpaired) electrons. The maximum atomic E-state index is 11.9. The number of hydrogen-bond donors (Lipinski definition) is 2. The average molecular weight is 263 g/mol. The van der Waals surface area contributed by atoms with Crippen molar-refractivity contribution in [3.8, 4) is 0 Å². The summed E-state index contributed by atoms with van der Waals surface area (Å²) in [5.41, 5.74) is 0.903. The van der Waals surface area contributed by atoms with Crippen molar-refractivity contribution >= 4 is 11.9 Å². The van der Waals surface area contributed by atoms with Crippen LogP contribution in [0.1, 0.15) is 32.3 Å². The van der Waals surface area contributed by atoms with E-state index in [9.17, 15) is 14.7 Å². The Morgan fingerprint density at radius 1 is 1.16 bits per heavy atom. The lowest BCUT2D eigenvalue weighted by atomic mass is 10.0. The molecule has 4 heteroatoms. The van der Waals surface area contributed by atoms with Crippen molar-refractivity contribution in [2.24, 2.45) is 5.92 Å². The van der Waals surface area contributed by atoms with Gasteiger partial charge in [-0.15, -0.1) is 0 Å². The first-order valence-electron chi connectivity index (χ1n) is 6.65. The first-order chi connectivity index (χ1) is 9.08. The number of carboxylic acid groups (broad SMARTS) is 1. The fourth-order valence-electron chi connectivity index (χ4n) is 2.00. The molecule has 0 saturated heterocycles. The van der Waals surface area contributed by atoms with Crippen molar-refractivity contribution in [2.75, 3.05) is 0 Å². The van der Waals surface area contributed by atoms with E-state index in [4.69, 9.17) is 0 Å². The summed E-state index contributed by atoms with van der Waals surface area (Å²) in [6.45, 7) is 3.86. The Morgan fingerprint density at radius 2 is 1.74 bits per heavy atom. The van der Waals surface area contributed by atoms with Gasteiger partial charge in [-0.05, 0) is 18.4 Å². The first kappa shape index (κ1) is 15.2. The number of aliphatic carboxylic acids is 1. The number of amides is 1. The highest BCUT2D eigenvalue weighted by atomic mass is 16.4. The number of carboxylic acids is 1. The molecule has 2 N–H and O–H groups in total. The first-order valence-corrected chi connectivity index (χ1v) is 6.65. The van der Waals surface area contributed by atoms with Crippen molar-refractivity contribution in [1.82, 2.24) is 5.32 Å². The van der Waals surface area contributed by atoms with Crippen molar-refractivity contribution in [3.63, 3.8) is 0 Å². The van der Waals surface area contributed by atoms with E-state index in [-0.39, 0.29) is 11.8 Å². The third-order valence-electron chi connectivity index (χ3n) is 3.25. The van der Waals surface area contributed by atoms with Crippen LogP contribution in [-0.2, 0) is 16.0 Å². The lowest BCUT2D eigenvalue weighted by molar-refractivity contribution is -0.142. The zero-order valence-electron chi connectivity index (χ0n) is 11.4. The SMILES string of the molecule is CCC(CC)C(=O)NC(Cc1ccccc1)C(=O)O. The number of benzene rings is 1. The molecule has 0 aliphatic heterocycles. The Morgan fingerprint density at radius 3 is 2.21 bits per heavy atom. The predicted molar refractivity (Wildman–Crippen MR) is 73.8 cm³/mol. The molecule has 0 heterocycles. The van der Waals surface area contributed by atoms with E-state index in [0.717, 1.165) is 18.4 Å². The monoisotopic (exact) mass is 263 g/mol. The molecule has 1 atom stereocenters. The van der Waals surface area contributed by atoms with E-state index in [1.54, 1.807) is 0 Å². The smallest absolute Gasteiger partial charge is 0.326 e. The summed E-state index contributed by atoms with van der Waals surface area (Å²) in [7, 11) is 0. The highest BCUT2D eigenvalue weighted by Crippen LogP contribution is 2.09. The fraction of sp³-hybridized carbons (Fsp3) is 0.467. The quantitative estimate of drug-likeness (QED) is 0.792. The Hall–Kier alpha value is -1.84. The summed E-state index contributed by atoms with van der Waals surface area (Å²) in [6.07, 6.45) is 1.75. The molecule has 1 aromatic rings. The van der Waals surface area contributed by atoms with Crippen molar-refractivity contribution in [2.45, 2.75) is 39.2 Å². The topological polar surface area (TPSA) is 66.4 Å². The van der Waals surface area contributed by atoms with Gasteiger partial charge in [0.1, 0.15) is 6.04 Å². The maximum absolute atomic E-state index is 11.9. The zero-order valence-corrected chi connectivity index (χ0v) is 11.4. The summed E-state index contributed by atoms with van der Waals surface area (Å²) in [5, 5.41) is 11.8. The standard InChI is InChI=1S/C15H21NO3/c1-3-12(4-2)14(17)16-13(15(18)19)10-11-8-6-5-7-9-11/h5-9,12-13H,3-4,10H2,1-2H3,(H,16,17)(H,18,19). The summed E-state index contributed by atoms with van der Waals surface area (Å²) in [4.78, 5) is 23.2. The normalized spacial score (nSPS) is 12.2. The molecule has 104 valence electrons. The maximum Gasteiger partial charge on any atom is 0.326 e. The number of carbonyl (C=O) groups excluding carboxylic acids is 1. The van der Waals surface area contributed by atoms with Gasteiger partial charge in [0.25, 0.3) is 0 Å². The second-order valence-corrected chi connectivity index (χ2v) is 4.60. The van der Waals surface area contributed by atoms with Gasteiger partial charge in [-0.3, -0.25) is 4.79 Å². The molecule has 0 bridgehead atoms. The van der Waals surface area contributed by atoms with Gasteiger partial charge in [0.2, 0.25) is 5.91 Å². The van der Waals surface area contributed by atoms with E-state index in [1.807, 2.05) is 44.2 Å². The number of hydrogen-bond acceptors (Lipinski definition) is 2. The molecule has 0 aliphatic rings. The van der Waals surface area contributed by atoms with Crippen LogP contribution in [0.5, 0.6) is 0 Å². The Bertz CT molecular complexity index is 413. The van der Waals surface area contributed by atoms with E-state index >= 15 is 0 Å². The third kappa shape index (κ3) is 4.73. The highest BCUT2D eigenvalue weighted by Gasteiger charge is 2.23. The molecule has 1 rings (SSSR count). The largest absolute Gasteiger partial charge is 0.480 e. The van der Waals surface area contributed by atoms with Crippen LogP contribution >= 0.6 is 0 Å². The molecule has 0 saturated carbocycles. The van der Waals surface area contributed by atoms with Gasteiger partial charge in [0.15, 0.2) is 0 Å². The van der Waals surface area contributed by atoms with Crippen LogP contribution in [0.3, 0.4) is 0 Å². The van der Waals surface area contributed by atoms with Gasteiger partial charge in [0.05, 0.1) is 0 Å². The number of rotatable bonds is 7. The lowest BCUT2D eigenvalue weighted by Crippen LogP contribution is -2.44. The van der Waals surface area contributed by atoms with Crippen LogP contribution < -0.4 is 5.32 Å². The third-order valence-corrected chi connectivity index (χ3v) is 3.25. The Labute approximate surface area is 113 Å². The molecule has 1 amide bonds. The van der Waals surface area contributed by atoms with Crippen LogP contribution in [0, 0.1) is 5.92 Å². The van der Waals surface area contributed by atoms with E-state index in [0.29, 0.717) is 6.42 Å². The lowest BCUT2D eigenvalue weighted by Gasteiger charge is -2.18. The number of carbonyl (C=O) groups is 2. The second-order valence-electron chi connectivity index (χ2n) is 4.60. The Balaban J connectivity index is 2.69. The van der Waals surface area contributed by atoms with Gasteiger partial charge in [-0.25, -0.2) is 4.79 Å². The molecule has 0 aliphatic carbocycles. The molecule has 0 spiro atoms. The fourth-order valence-corrected chi connectivity index (χ4v) is 2.00. The highest BCUT2D eigenvalue weighted by molar-refractivity contribution is 5.85. The second kappa shape index (κ2) is 7.56. The minimum Gasteiger partial charge on any atom is -0.480 e. The minimum atomic E-state index is -0.997. The molecule has 19 heavy (non-hydrogen) atoms. The van der Waals surface area contributed by atoms with Crippen LogP contribution in [0.2, 0.25) is 0 Å². The van der Waals surface area contributed by atoms with Crippen molar-refractivity contribution in [1.29, 1.82) is 0 Å². The van der Waals surface area contributed by atoms with E-state index in [1.165, 1.54) is 0 Å². The molecule has 0 fully saturated rings. The molecule has 1 unspecified atom stereocenters. The Kier molecular flexibility index (Phi) is 6.06. The van der Waals surface area contributed by atoms with E-state index < -0.39 is 12.0 Å². The van der Waals surface area contributed by atoms with Crippen LogP contribution in [-0.4, -0.2) is 23.0 Å². The van der Waals surface area contributed by atoms with Crippen LogP contribution in [0.25, 0.3) is 0 Å². The summed E-state index contributed by atoms with van der Waals surface area (Å²) in [5.74, 6) is -1.28. The average Bonchev–Trinajstić information content (AvgIpc) is 2.40. The molecule has 4 nitrogen and oxygen atoms in total. The zero-order chi connectivity index (χ0) is 14.3. The molecule has 1 aromatic carbocycles. The van der Waals surface area contributed by atoms with Gasteiger partial charge < -0.3 is 10.4 Å². The van der Waals surface area contributed by atoms with Crippen LogP contribution in [0.15, 0.2) is 30.3 Å². The minimum absolute atomic E-state index is 0.113.